The lowest BCUT2D eigenvalue weighted by Gasteiger charge is -2.29. The lowest BCUT2D eigenvalue weighted by molar-refractivity contribution is -0.873. The van der Waals surface area contributed by atoms with Gasteiger partial charge in [-0.3, -0.25) is 4.79 Å². The number of hydrogen-bond acceptors (Lipinski definition) is 4. The highest BCUT2D eigenvalue weighted by molar-refractivity contribution is 5.70. The Kier molecular flexibility index (Phi) is 21.4. The molecule has 0 spiro atoms. The van der Waals surface area contributed by atoms with Gasteiger partial charge in [-0.2, -0.15) is 0 Å². The van der Waals surface area contributed by atoms with Crippen LogP contribution in [0.1, 0.15) is 142 Å². The summed E-state index contributed by atoms with van der Waals surface area (Å²) in [4.78, 5) is 23.0. The van der Waals surface area contributed by atoms with Crippen molar-refractivity contribution in [3.05, 3.63) is 0 Å². The molecule has 0 rings (SSSR count). The molecule has 0 amide bonds. The maximum absolute atomic E-state index is 12.1. The van der Waals surface area contributed by atoms with Crippen molar-refractivity contribution < 1.29 is 23.9 Å². The number of carbonyl (C=O) groups is 2. The smallest absolute Gasteiger partial charge is 0.306 e. The summed E-state index contributed by atoms with van der Waals surface area (Å²) in [6.07, 6.45) is 23.2. The van der Waals surface area contributed by atoms with Crippen LogP contribution in [-0.2, 0) is 14.3 Å². The van der Waals surface area contributed by atoms with Crippen molar-refractivity contribution in [3.63, 3.8) is 0 Å². The van der Waals surface area contributed by atoms with Gasteiger partial charge in [-0.1, -0.05) is 123 Å². The maximum Gasteiger partial charge on any atom is 0.306 e. The van der Waals surface area contributed by atoms with Crippen LogP contribution in [0.15, 0.2) is 0 Å². The number of carbonyl (C=O) groups excluding carboxylic acids is 2. The van der Waals surface area contributed by atoms with Crippen LogP contribution in [0, 0.1) is 5.92 Å². The molecule has 0 fully saturated rings. The Morgan fingerprint density at radius 1 is 0.714 bits per heavy atom. The molecule has 0 heterocycles. The van der Waals surface area contributed by atoms with Gasteiger partial charge in [0.05, 0.1) is 21.1 Å². The van der Waals surface area contributed by atoms with Gasteiger partial charge in [-0.15, -0.1) is 0 Å². The third-order valence-electron chi connectivity index (χ3n) is 6.82. The quantitative estimate of drug-likeness (QED) is 0.0789. The molecule has 2 unspecified atom stereocenters. The first-order chi connectivity index (χ1) is 16.6. The minimum absolute atomic E-state index is 0.238. The second-order valence-electron chi connectivity index (χ2n) is 11.9. The van der Waals surface area contributed by atoms with Gasteiger partial charge in [0.2, 0.25) is 0 Å². The van der Waals surface area contributed by atoms with E-state index in [1.807, 2.05) is 21.1 Å². The van der Waals surface area contributed by atoms with E-state index >= 15 is 0 Å². The molecule has 0 aliphatic heterocycles. The molecule has 0 saturated carbocycles. The molecule has 35 heavy (non-hydrogen) atoms. The third-order valence-corrected chi connectivity index (χ3v) is 6.82. The van der Waals surface area contributed by atoms with Crippen molar-refractivity contribution in [2.24, 2.45) is 5.92 Å². The number of carboxylic acid groups (broad SMARTS) is 1. The van der Waals surface area contributed by atoms with Gasteiger partial charge >= 0.3 is 5.97 Å². The number of likely N-dealkylation sites (N-methyl/N-ethyl adjacent to an activating group) is 1. The zero-order valence-electron chi connectivity index (χ0n) is 24.1. The van der Waals surface area contributed by atoms with Crippen molar-refractivity contribution in [2.75, 3.05) is 27.7 Å². The number of rotatable bonds is 25. The lowest BCUT2D eigenvalue weighted by Crippen LogP contribution is -2.45. The minimum atomic E-state index is -1.17. The molecule has 0 bridgehead atoms. The average Bonchev–Trinajstić information content (AvgIpc) is 2.75. The van der Waals surface area contributed by atoms with Gasteiger partial charge in [0.25, 0.3) is 0 Å². The SMILES string of the molecule is CCCCCCCCCCCCCCC(C)CCCCCCC(=O)OC(CC(=O)[O-])C[N+](C)(C)C. The van der Waals surface area contributed by atoms with E-state index in [1.165, 1.54) is 96.3 Å². The summed E-state index contributed by atoms with van der Waals surface area (Å²) in [7, 11) is 5.86. The molecule has 208 valence electrons. The third kappa shape index (κ3) is 25.8. The number of hydrogen-bond donors (Lipinski definition) is 0. The maximum atomic E-state index is 12.1. The molecule has 0 aromatic carbocycles. The molecule has 5 heteroatoms. The number of aliphatic carboxylic acids is 1. The van der Waals surface area contributed by atoms with Gasteiger partial charge < -0.3 is 19.1 Å². The summed E-state index contributed by atoms with van der Waals surface area (Å²) in [5.74, 6) is -0.664. The average molecular weight is 498 g/mol. The normalized spacial score (nSPS) is 13.5. The summed E-state index contributed by atoms with van der Waals surface area (Å²) in [6.45, 7) is 5.12. The van der Waals surface area contributed by atoms with Crippen molar-refractivity contribution in [1.29, 1.82) is 0 Å². The van der Waals surface area contributed by atoms with Crippen LogP contribution >= 0.6 is 0 Å². The molecule has 5 nitrogen and oxygen atoms in total. The number of quaternary nitrogens is 1. The van der Waals surface area contributed by atoms with E-state index in [1.54, 1.807) is 0 Å². The fraction of sp³-hybridized carbons (Fsp3) is 0.933. The summed E-state index contributed by atoms with van der Waals surface area (Å²) in [6, 6.07) is 0. The van der Waals surface area contributed by atoms with E-state index in [4.69, 9.17) is 4.74 Å². The monoisotopic (exact) mass is 497 g/mol. The second kappa shape index (κ2) is 22.1. The zero-order chi connectivity index (χ0) is 26.4. The Morgan fingerprint density at radius 3 is 1.57 bits per heavy atom. The molecule has 0 N–H and O–H groups in total. The number of ether oxygens (including phenoxy) is 1. The van der Waals surface area contributed by atoms with E-state index in [2.05, 4.69) is 13.8 Å². The zero-order valence-corrected chi connectivity index (χ0v) is 24.1. The molecule has 2 atom stereocenters. The van der Waals surface area contributed by atoms with Gasteiger partial charge in [0.15, 0.2) is 6.10 Å². The highest BCUT2D eigenvalue weighted by Crippen LogP contribution is 2.19. The highest BCUT2D eigenvalue weighted by Gasteiger charge is 2.22. The first kappa shape index (κ1) is 33.9. The standard InChI is InChI=1S/C30H59NO4/c1-6-7-8-9-10-11-12-13-14-15-16-19-22-27(2)23-20-17-18-21-24-30(34)35-28(25-29(32)33)26-31(3,4)5/h27-28H,6-26H2,1-5H3. The van der Waals surface area contributed by atoms with Crippen molar-refractivity contribution in [1.82, 2.24) is 0 Å². The highest BCUT2D eigenvalue weighted by atomic mass is 16.5. The first-order valence-electron chi connectivity index (χ1n) is 14.8. The first-order valence-corrected chi connectivity index (χ1v) is 14.8. The van der Waals surface area contributed by atoms with Gasteiger partial charge in [-0.25, -0.2) is 0 Å². The van der Waals surface area contributed by atoms with Crippen molar-refractivity contribution >= 4 is 11.9 Å². The van der Waals surface area contributed by atoms with E-state index in [-0.39, 0.29) is 12.4 Å². The Bertz CT molecular complexity index is 515. The molecule has 0 saturated heterocycles. The van der Waals surface area contributed by atoms with Crippen LogP contribution in [0.3, 0.4) is 0 Å². The van der Waals surface area contributed by atoms with Gasteiger partial charge in [0, 0.05) is 18.8 Å². The summed E-state index contributed by atoms with van der Waals surface area (Å²) < 4.78 is 5.96. The van der Waals surface area contributed by atoms with E-state index in [9.17, 15) is 14.7 Å². The predicted molar refractivity (Wildman–Crippen MR) is 145 cm³/mol. The lowest BCUT2D eigenvalue weighted by atomic mass is 9.96. The Labute approximate surface area is 218 Å². The van der Waals surface area contributed by atoms with Crippen LogP contribution in [0.25, 0.3) is 0 Å². The second-order valence-corrected chi connectivity index (χ2v) is 11.9. The van der Waals surface area contributed by atoms with Crippen molar-refractivity contribution in [3.8, 4) is 0 Å². The minimum Gasteiger partial charge on any atom is -0.550 e. The molecule has 0 radical (unpaired) electrons. The van der Waals surface area contributed by atoms with Crippen LogP contribution in [-0.4, -0.2) is 50.2 Å². The number of nitrogens with zero attached hydrogens (tertiary/aromatic N) is 1. The molecule has 0 aliphatic carbocycles. The molecular formula is C30H59NO4. The summed E-state index contributed by atoms with van der Waals surface area (Å²) in [5, 5.41) is 10.9. The molecular weight excluding hydrogens is 438 g/mol. The van der Waals surface area contributed by atoms with Crippen LogP contribution in [0.4, 0.5) is 0 Å². The summed E-state index contributed by atoms with van der Waals surface area (Å²) in [5.41, 5.74) is 0. The van der Waals surface area contributed by atoms with Crippen LogP contribution in [0.5, 0.6) is 0 Å². The van der Waals surface area contributed by atoms with E-state index in [0.717, 1.165) is 25.2 Å². The summed E-state index contributed by atoms with van der Waals surface area (Å²) >= 11 is 0. The molecule has 0 aromatic rings. The molecule has 0 aromatic heterocycles. The molecule has 0 aliphatic rings. The van der Waals surface area contributed by atoms with Crippen molar-refractivity contribution in [2.45, 2.75) is 148 Å². The number of unbranched alkanes of at least 4 members (excludes halogenated alkanes) is 14. The van der Waals surface area contributed by atoms with Gasteiger partial charge in [0.1, 0.15) is 6.54 Å². The van der Waals surface area contributed by atoms with E-state index in [0.29, 0.717) is 17.4 Å². The predicted octanol–water partition coefficient (Wildman–Crippen LogP) is 6.81. The Balaban J connectivity index is 3.60. The van der Waals surface area contributed by atoms with Crippen LogP contribution in [0.2, 0.25) is 0 Å². The van der Waals surface area contributed by atoms with Gasteiger partial charge in [-0.05, 0) is 12.3 Å². The Morgan fingerprint density at radius 2 is 1.14 bits per heavy atom. The fourth-order valence-electron chi connectivity index (χ4n) is 4.78. The number of carboxylic acids is 1. The Hall–Kier alpha value is -1.10. The fourth-order valence-corrected chi connectivity index (χ4v) is 4.78. The van der Waals surface area contributed by atoms with E-state index < -0.39 is 12.1 Å². The topological polar surface area (TPSA) is 66.4 Å². The number of esters is 1. The largest absolute Gasteiger partial charge is 0.550 e. The van der Waals surface area contributed by atoms with Crippen LogP contribution < -0.4 is 5.11 Å².